The summed E-state index contributed by atoms with van der Waals surface area (Å²) in [7, 11) is 0. The maximum Gasteiger partial charge on any atom is 0.416 e. The minimum atomic E-state index is -4.50. The Hall–Kier alpha value is -3.09. The predicted molar refractivity (Wildman–Crippen MR) is 84.8 cm³/mol. The number of hydrazone groups is 1. The van der Waals surface area contributed by atoms with Crippen LogP contribution in [0.4, 0.5) is 13.2 Å². The Kier molecular flexibility index (Phi) is 4.07. The fourth-order valence-corrected chi connectivity index (χ4v) is 2.26. The summed E-state index contributed by atoms with van der Waals surface area (Å²) in [5.74, 6) is -0.711. The van der Waals surface area contributed by atoms with Crippen molar-refractivity contribution in [1.29, 1.82) is 0 Å². The summed E-state index contributed by atoms with van der Waals surface area (Å²) in [6.07, 6.45) is -1.33. The van der Waals surface area contributed by atoms with E-state index in [9.17, 15) is 18.0 Å². The number of aromatic nitrogens is 1. The molecule has 1 heterocycles. The van der Waals surface area contributed by atoms with Gasteiger partial charge in [0.2, 0.25) is 0 Å². The molecule has 0 saturated heterocycles. The Morgan fingerprint density at radius 3 is 2.71 bits per heavy atom. The van der Waals surface area contributed by atoms with Crippen LogP contribution in [0, 0.1) is 0 Å². The van der Waals surface area contributed by atoms with Crippen molar-refractivity contribution in [2.24, 2.45) is 5.10 Å². The van der Waals surface area contributed by atoms with Crippen molar-refractivity contribution in [1.82, 2.24) is 10.4 Å². The van der Waals surface area contributed by atoms with E-state index in [-0.39, 0.29) is 5.56 Å². The Morgan fingerprint density at radius 1 is 1.12 bits per heavy atom. The van der Waals surface area contributed by atoms with Crippen LogP contribution in [0.15, 0.2) is 59.8 Å². The molecular weight excluding hydrogens is 319 g/mol. The molecule has 3 aromatic rings. The van der Waals surface area contributed by atoms with Gasteiger partial charge in [-0.2, -0.15) is 18.3 Å². The highest BCUT2D eigenvalue weighted by Crippen LogP contribution is 2.29. The predicted octanol–water partition coefficient (Wildman–Crippen LogP) is 3.95. The standard InChI is InChI=1S/C17H12F3N3O/c18-17(19,20)13-5-3-4-11(8-13)16(24)23-22-10-12-9-21-15-7-2-1-6-14(12)15/h1-10,21H,(H,23,24)/b22-10-. The van der Waals surface area contributed by atoms with Crippen molar-refractivity contribution >= 4 is 23.0 Å². The summed E-state index contributed by atoms with van der Waals surface area (Å²) in [5, 5.41) is 4.73. The highest BCUT2D eigenvalue weighted by Gasteiger charge is 2.30. The van der Waals surface area contributed by atoms with Crippen molar-refractivity contribution in [2.45, 2.75) is 6.18 Å². The van der Waals surface area contributed by atoms with Crippen LogP contribution >= 0.6 is 0 Å². The van der Waals surface area contributed by atoms with Crippen LogP contribution in [0.2, 0.25) is 0 Å². The second-order valence-corrected chi connectivity index (χ2v) is 5.07. The molecular formula is C17H12F3N3O. The molecule has 1 amide bonds. The van der Waals surface area contributed by atoms with Crippen LogP contribution in [-0.2, 0) is 6.18 Å². The minimum Gasteiger partial charge on any atom is -0.361 e. The maximum atomic E-state index is 12.7. The van der Waals surface area contributed by atoms with Crippen LogP contribution < -0.4 is 5.43 Å². The van der Waals surface area contributed by atoms with Crippen LogP contribution in [0.3, 0.4) is 0 Å². The van der Waals surface area contributed by atoms with Gasteiger partial charge in [0.1, 0.15) is 0 Å². The molecule has 0 radical (unpaired) electrons. The third-order valence-electron chi connectivity index (χ3n) is 3.44. The average molecular weight is 331 g/mol. The van der Waals surface area contributed by atoms with Crippen LogP contribution in [0.5, 0.6) is 0 Å². The molecule has 24 heavy (non-hydrogen) atoms. The van der Waals surface area contributed by atoms with Gasteiger partial charge in [0.05, 0.1) is 11.8 Å². The first-order valence-corrected chi connectivity index (χ1v) is 7.02. The number of hydrogen-bond acceptors (Lipinski definition) is 2. The average Bonchev–Trinajstić information content (AvgIpc) is 2.97. The van der Waals surface area contributed by atoms with E-state index in [2.05, 4.69) is 15.5 Å². The lowest BCUT2D eigenvalue weighted by atomic mass is 10.1. The normalized spacial score (nSPS) is 12.0. The van der Waals surface area contributed by atoms with Gasteiger partial charge in [0.15, 0.2) is 0 Å². The molecule has 1 aromatic heterocycles. The first-order chi connectivity index (χ1) is 11.4. The Morgan fingerprint density at radius 2 is 1.92 bits per heavy atom. The third kappa shape index (κ3) is 3.29. The Labute approximate surface area is 135 Å². The summed E-state index contributed by atoms with van der Waals surface area (Å²) in [5.41, 5.74) is 2.92. The van der Waals surface area contributed by atoms with Gasteiger partial charge >= 0.3 is 6.18 Å². The minimum absolute atomic E-state index is 0.110. The molecule has 122 valence electrons. The van der Waals surface area contributed by atoms with Crippen LogP contribution in [0.25, 0.3) is 10.9 Å². The number of para-hydroxylation sites is 1. The topological polar surface area (TPSA) is 57.2 Å². The van der Waals surface area contributed by atoms with Crippen LogP contribution in [-0.4, -0.2) is 17.1 Å². The molecule has 0 bridgehead atoms. The number of halogens is 3. The van der Waals surface area contributed by atoms with Crippen LogP contribution in [0.1, 0.15) is 21.5 Å². The number of fused-ring (bicyclic) bond motifs is 1. The number of rotatable bonds is 3. The molecule has 2 aromatic carbocycles. The number of nitrogens with one attached hydrogen (secondary N) is 2. The molecule has 0 aliphatic carbocycles. The molecule has 0 unspecified atom stereocenters. The SMILES string of the molecule is O=C(N/N=C\c1c[nH]c2ccccc12)c1cccc(C(F)(F)F)c1. The number of nitrogens with zero attached hydrogens (tertiary/aromatic N) is 1. The van der Waals surface area contributed by atoms with Gasteiger partial charge < -0.3 is 4.98 Å². The van der Waals surface area contributed by atoms with Gasteiger partial charge in [-0.05, 0) is 24.3 Å². The summed E-state index contributed by atoms with van der Waals surface area (Å²) >= 11 is 0. The number of hydrogen-bond donors (Lipinski definition) is 2. The van der Waals surface area contributed by atoms with E-state index in [1.54, 1.807) is 6.20 Å². The molecule has 2 N–H and O–H groups in total. The molecule has 0 aliphatic heterocycles. The molecule has 0 spiro atoms. The van der Waals surface area contributed by atoms with Crippen molar-refractivity contribution in [3.63, 3.8) is 0 Å². The zero-order valence-corrected chi connectivity index (χ0v) is 12.3. The molecule has 7 heteroatoms. The number of H-pyrrole nitrogens is 1. The summed E-state index contributed by atoms with van der Waals surface area (Å²) in [4.78, 5) is 15.0. The van der Waals surface area contributed by atoms with E-state index >= 15 is 0 Å². The summed E-state index contributed by atoms with van der Waals surface area (Å²) in [6.45, 7) is 0. The Balaban J connectivity index is 1.74. The number of alkyl halides is 3. The third-order valence-corrected chi connectivity index (χ3v) is 3.44. The number of aromatic amines is 1. The number of benzene rings is 2. The van der Waals surface area contributed by atoms with Gasteiger partial charge in [-0.3, -0.25) is 4.79 Å². The zero-order valence-electron chi connectivity index (χ0n) is 12.3. The zero-order chi connectivity index (χ0) is 17.2. The molecule has 0 atom stereocenters. The molecule has 4 nitrogen and oxygen atoms in total. The molecule has 3 rings (SSSR count). The first-order valence-electron chi connectivity index (χ1n) is 7.02. The highest BCUT2D eigenvalue weighted by molar-refractivity contribution is 6.00. The van der Waals surface area contributed by atoms with Gasteiger partial charge in [-0.15, -0.1) is 0 Å². The number of carbonyl (C=O) groups is 1. The smallest absolute Gasteiger partial charge is 0.361 e. The second-order valence-electron chi connectivity index (χ2n) is 5.07. The van der Waals surface area contributed by atoms with Gasteiger partial charge in [0, 0.05) is 28.2 Å². The number of amides is 1. The second kappa shape index (κ2) is 6.19. The first kappa shape index (κ1) is 15.8. The molecule has 0 saturated carbocycles. The quantitative estimate of drug-likeness (QED) is 0.554. The summed E-state index contributed by atoms with van der Waals surface area (Å²) in [6, 6.07) is 11.7. The van der Waals surface area contributed by atoms with Gasteiger partial charge in [-0.1, -0.05) is 24.3 Å². The highest BCUT2D eigenvalue weighted by atomic mass is 19.4. The lowest BCUT2D eigenvalue weighted by Crippen LogP contribution is -2.18. The Bertz CT molecular complexity index is 913. The van der Waals surface area contributed by atoms with Crippen molar-refractivity contribution in [3.8, 4) is 0 Å². The largest absolute Gasteiger partial charge is 0.416 e. The number of carbonyl (C=O) groups excluding carboxylic acids is 1. The monoisotopic (exact) mass is 331 g/mol. The van der Waals surface area contributed by atoms with Gasteiger partial charge in [0.25, 0.3) is 5.91 Å². The maximum absolute atomic E-state index is 12.7. The van der Waals surface area contributed by atoms with E-state index in [0.29, 0.717) is 0 Å². The van der Waals surface area contributed by atoms with Gasteiger partial charge in [-0.25, -0.2) is 5.43 Å². The summed E-state index contributed by atoms with van der Waals surface area (Å²) < 4.78 is 38.0. The molecule has 0 fully saturated rings. The van der Waals surface area contributed by atoms with E-state index in [1.807, 2.05) is 24.3 Å². The van der Waals surface area contributed by atoms with Crippen molar-refractivity contribution in [3.05, 3.63) is 71.4 Å². The lowest BCUT2D eigenvalue weighted by Gasteiger charge is -2.07. The fraction of sp³-hybridized carbons (Fsp3) is 0.0588. The lowest BCUT2D eigenvalue weighted by molar-refractivity contribution is -0.137. The van der Waals surface area contributed by atoms with E-state index in [0.717, 1.165) is 28.6 Å². The van der Waals surface area contributed by atoms with E-state index in [1.165, 1.54) is 18.3 Å². The van der Waals surface area contributed by atoms with Crippen molar-refractivity contribution < 1.29 is 18.0 Å². The fourth-order valence-electron chi connectivity index (χ4n) is 2.26. The van der Waals surface area contributed by atoms with E-state index < -0.39 is 17.6 Å². The van der Waals surface area contributed by atoms with E-state index in [4.69, 9.17) is 0 Å². The van der Waals surface area contributed by atoms with Crippen molar-refractivity contribution in [2.75, 3.05) is 0 Å². The molecule has 0 aliphatic rings.